The highest BCUT2D eigenvalue weighted by atomic mass is 16.5. The van der Waals surface area contributed by atoms with Crippen LogP contribution in [0.5, 0.6) is 5.75 Å². The predicted molar refractivity (Wildman–Crippen MR) is 63.5 cm³/mol. The minimum atomic E-state index is 0.133. The predicted octanol–water partition coefficient (Wildman–Crippen LogP) is 2.12. The molecule has 0 bridgehead atoms. The summed E-state index contributed by atoms with van der Waals surface area (Å²) in [6.45, 7) is 1.51. The first-order valence-electron chi connectivity index (χ1n) is 5.80. The maximum atomic E-state index is 5.83. The van der Waals surface area contributed by atoms with Gasteiger partial charge in [0, 0.05) is 12.5 Å². The molecule has 2 rings (SSSR count). The fraction of sp³-hybridized carbons (Fsp3) is 0.538. The maximum Gasteiger partial charge on any atom is 0.119 e. The van der Waals surface area contributed by atoms with Crippen molar-refractivity contribution in [1.82, 2.24) is 0 Å². The minimum absolute atomic E-state index is 0.133. The summed E-state index contributed by atoms with van der Waals surface area (Å²) in [4.78, 5) is 0. The van der Waals surface area contributed by atoms with Gasteiger partial charge in [0.25, 0.3) is 0 Å². The number of nitrogens with two attached hydrogens (primary N) is 1. The Hall–Kier alpha value is -1.06. The van der Waals surface area contributed by atoms with Crippen LogP contribution in [0.25, 0.3) is 0 Å². The third-order valence-electron chi connectivity index (χ3n) is 3.17. The summed E-state index contributed by atoms with van der Waals surface area (Å²) in [6.07, 6.45) is 2.40. The van der Waals surface area contributed by atoms with Crippen molar-refractivity contribution < 1.29 is 9.47 Å². The summed E-state index contributed by atoms with van der Waals surface area (Å²) in [7, 11) is 1.68. The lowest BCUT2D eigenvalue weighted by Gasteiger charge is -2.31. The van der Waals surface area contributed by atoms with E-state index in [0.717, 1.165) is 25.2 Å². The van der Waals surface area contributed by atoms with Gasteiger partial charge in [-0.1, -0.05) is 12.1 Å². The summed E-state index contributed by atoms with van der Waals surface area (Å²) < 4.78 is 11.1. The first kappa shape index (κ1) is 11.4. The highest BCUT2D eigenvalue weighted by molar-refractivity contribution is 5.30. The van der Waals surface area contributed by atoms with E-state index in [1.807, 2.05) is 18.2 Å². The third-order valence-corrected chi connectivity index (χ3v) is 3.17. The van der Waals surface area contributed by atoms with Gasteiger partial charge in [-0.25, -0.2) is 0 Å². The van der Waals surface area contributed by atoms with Crippen LogP contribution in [0.2, 0.25) is 0 Å². The van der Waals surface area contributed by atoms with Crippen molar-refractivity contribution in [2.24, 2.45) is 11.7 Å². The highest BCUT2D eigenvalue weighted by Crippen LogP contribution is 2.34. The zero-order chi connectivity index (χ0) is 11.4. The summed E-state index contributed by atoms with van der Waals surface area (Å²) in [5, 5.41) is 0. The maximum absolute atomic E-state index is 5.83. The van der Waals surface area contributed by atoms with E-state index in [-0.39, 0.29) is 6.10 Å². The molecule has 2 N–H and O–H groups in total. The van der Waals surface area contributed by atoms with Crippen LogP contribution in [0.15, 0.2) is 24.3 Å². The molecule has 16 heavy (non-hydrogen) atoms. The SMILES string of the molecule is COc1cccc(C2OCCCC2CN)c1. The lowest BCUT2D eigenvalue weighted by molar-refractivity contribution is -0.0252. The van der Waals surface area contributed by atoms with E-state index in [1.54, 1.807) is 7.11 Å². The normalized spacial score (nSPS) is 25.4. The molecular formula is C13H19NO2. The standard InChI is InChI=1S/C13H19NO2/c1-15-12-6-2-4-10(8-12)13-11(9-14)5-3-7-16-13/h2,4,6,8,11,13H,3,5,7,9,14H2,1H3. The molecule has 0 amide bonds. The Morgan fingerprint density at radius 1 is 1.50 bits per heavy atom. The van der Waals surface area contributed by atoms with E-state index in [1.165, 1.54) is 5.56 Å². The fourth-order valence-corrected chi connectivity index (χ4v) is 2.27. The van der Waals surface area contributed by atoms with Gasteiger partial charge < -0.3 is 15.2 Å². The zero-order valence-corrected chi connectivity index (χ0v) is 9.69. The molecule has 3 nitrogen and oxygen atoms in total. The van der Waals surface area contributed by atoms with Crippen LogP contribution in [-0.2, 0) is 4.74 Å². The number of ether oxygens (including phenoxy) is 2. The molecule has 2 atom stereocenters. The fourth-order valence-electron chi connectivity index (χ4n) is 2.27. The number of hydrogen-bond donors (Lipinski definition) is 1. The van der Waals surface area contributed by atoms with Gasteiger partial charge in [0.15, 0.2) is 0 Å². The molecule has 1 fully saturated rings. The Morgan fingerprint density at radius 3 is 3.12 bits per heavy atom. The lowest BCUT2D eigenvalue weighted by Crippen LogP contribution is -2.28. The van der Waals surface area contributed by atoms with Gasteiger partial charge in [0.1, 0.15) is 5.75 Å². The first-order valence-corrected chi connectivity index (χ1v) is 5.80. The highest BCUT2D eigenvalue weighted by Gasteiger charge is 2.26. The Kier molecular flexibility index (Phi) is 3.80. The van der Waals surface area contributed by atoms with Crippen molar-refractivity contribution in [1.29, 1.82) is 0 Å². The van der Waals surface area contributed by atoms with Crippen molar-refractivity contribution in [3.05, 3.63) is 29.8 Å². The van der Waals surface area contributed by atoms with Crippen LogP contribution in [0, 0.1) is 5.92 Å². The van der Waals surface area contributed by atoms with Crippen molar-refractivity contribution in [3.8, 4) is 5.75 Å². The quantitative estimate of drug-likeness (QED) is 0.850. The average Bonchev–Trinajstić information content (AvgIpc) is 2.38. The molecule has 1 heterocycles. The number of benzene rings is 1. The third kappa shape index (κ3) is 2.36. The number of methoxy groups -OCH3 is 1. The van der Waals surface area contributed by atoms with E-state index >= 15 is 0 Å². The van der Waals surface area contributed by atoms with Crippen LogP contribution in [0.4, 0.5) is 0 Å². The molecular weight excluding hydrogens is 202 g/mol. The van der Waals surface area contributed by atoms with E-state index in [0.29, 0.717) is 12.5 Å². The molecule has 0 saturated carbocycles. The van der Waals surface area contributed by atoms with Gasteiger partial charge in [-0.15, -0.1) is 0 Å². The summed E-state index contributed by atoms with van der Waals surface area (Å²) in [5.74, 6) is 1.31. The molecule has 1 aromatic carbocycles. The van der Waals surface area contributed by atoms with Crippen LogP contribution >= 0.6 is 0 Å². The molecule has 0 aliphatic carbocycles. The van der Waals surface area contributed by atoms with Gasteiger partial charge in [0.2, 0.25) is 0 Å². The Balaban J connectivity index is 2.20. The van der Waals surface area contributed by atoms with Gasteiger partial charge in [-0.3, -0.25) is 0 Å². The Labute approximate surface area is 96.5 Å². The smallest absolute Gasteiger partial charge is 0.119 e. The van der Waals surface area contributed by atoms with Crippen molar-refractivity contribution >= 4 is 0 Å². The molecule has 1 aliphatic heterocycles. The van der Waals surface area contributed by atoms with Crippen molar-refractivity contribution in [2.45, 2.75) is 18.9 Å². The van der Waals surface area contributed by atoms with E-state index in [2.05, 4.69) is 6.07 Å². The van der Waals surface area contributed by atoms with Crippen LogP contribution in [-0.4, -0.2) is 20.3 Å². The van der Waals surface area contributed by atoms with E-state index < -0.39 is 0 Å². The second-order valence-electron chi connectivity index (χ2n) is 4.21. The Bertz CT molecular complexity index is 340. The van der Waals surface area contributed by atoms with E-state index in [4.69, 9.17) is 15.2 Å². The second-order valence-corrected chi connectivity index (χ2v) is 4.21. The number of hydrogen-bond acceptors (Lipinski definition) is 3. The minimum Gasteiger partial charge on any atom is -0.497 e. The summed E-state index contributed by atoms with van der Waals surface area (Å²) in [5.41, 5.74) is 6.97. The zero-order valence-electron chi connectivity index (χ0n) is 9.69. The molecule has 88 valence electrons. The molecule has 2 unspecified atom stereocenters. The molecule has 0 aromatic heterocycles. The Morgan fingerprint density at radius 2 is 2.38 bits per heavy atom. The topological polar surface area (TPSA) is 44.5 Å². The molecule has 1 aromatic rings. The van der Waals surface area contributed by atoms with Gasteiger partial charge in [0.05, 0.1) is 13.2 Å². The van der Waals surface area contributed by atoms with Gasteiger partial charge in [-0.2, -0.15) is 0 Å². The summed E-state index contributed by atoms with van der Waals surface area (Å²) >= 11 is 0. The molecule has 0 spiro atoms. The van der Waals surface area contributed by atoms with E-state index in [9.17, 15) is 0 Å². The van der Waals surface area contributed by atoms with Crippen LogP contribution in [0.1, 0.15) is 24.5 Å². The van der Waals surface area contributed by atoms with Crippen LogP contribution < -0.4 is 10.5 Å². The molecule has 3 heteroatoms. The largest absolute Gasteiger partial charge is 0.497 e. The monoisotopic (exact) mass is 221 g/mol. The average molecular weight is 221 g/mol. The van der Waals surface area contributed by atoms with Gasteiger partial charge >= 0.3 is 0 Å². The van der Waals surface area contributed by atoms with Crippen molar-refractivity contribution in [3.63, 3.8) is 0 Å². The lowest BCUT2D eigenvalue weighted by atomic mass is 9.89. The second kappa shape index (κ2) is 5.32. The first-order chi connectivity index (χ1) is 7.85. The van der Waals surface area contributed by atoms with Crippen LogP contribution in [0.3, 0.4) is 0 Å². The molecule has 1 aliphatic rings. The number of rotatable bonds is 3. The molecule has 0 radical (unpaired) electrons. The molecule has 1 saturated heterocycles. The summed E-state index contributed by atoms with van der Waals surface area (Å²) in [6, 6.07) is 8.07. The van der Waals surface area contributed by atoms with Gasteiger partial charge in [-0.05, 0) is 37.1 Å². The van der Waals surface area contributed by atoms with Crippen molar-refractivity contribution in [2.75, 3.05) is 20.3 Å².